The van der Waals surface area contributed by atoms with Crippen molar-refractivity contribution >= 4 is 0 Å². The van der Waals surface area contributed by atoms with Crippen molar-refractivity contribution < 1.29 is 13.5 Å². The van der Waals surface area contributed by atoms with Crippen LogP contribution in [0.4, 0.5) is 8.78 Å². The van der Waals surface area contributed by atoms with Gasteiger partial charge in [0.2, 0.25) is 0 Å². The standard InChI is InChI=1S/C20H16F2O/c1-2-23-18-10-5-15(6-11-18)19-12-7-16(13-20(19)22)14-3-8-17(21)9-4-14/h3-13H,2H2,1H3. The Bertz CT molecular complexity index is 793. The van der Waals surface area contributed by atoms with Crippen LogP contribution in [0.5, 0.6) is 5.75 Å². The normalized spacial score (nSPS) is 10.6. The van der Waals surface area contributed by atoms with Crippen LogP contribution in [-0.4, -0.2) is 6.61 Å². The van der Waals surface area contributed by atoms with Gasteiger partial charge in [-0.3, -0.25) is 0 Å². The van der Waals surface area contributed by atoms with Gasteiger partial charge in [-0.2, -0.15) is 0 Å². The van der Waals surface area contributed by atoms with Gasteiger partial charge in [-0.05, 0) is 53.9 Å². The van der Waals surface area contributed by atoms with Crippen molar-refractivity contribution in [1.29, 1.82) is 0 Å². The second-order valence-corrected chi connectivity index (χ2v) is 5.16. The molecule has 3 rings (SSSR count). The van der Waals surface area contributed by atoms with Crippen molar-refractivity contribution in [2.45, 2.75) is 6.92 Å². The molecule has 0 saturated carbocycles. The predicted octanol–water partition coefficient (Wildman–Crippen LogP) is 5.70. The van der Waals surface area contributed by atoms with Gasteiger partial charge in [-0.25, -0.2) is 8.78 Å². The van der Waals surface area contributed by atoms with E-state index in [1.54, 1.807) is 18.2 Å². The van der Waals surface area contributed by atoms with Crippen LogP contribution in [0.1, 0.15) is 6.92 Å². The number of hydrogen-bond acceptors (Lipinski definition) is 1. The van der Waals surface area contributed by atoms with Crippen molar-refractivity contribution in [3.05, 3.63) is 78.4 Å². The van der Waals surface area contributed by atoms with Crippen LogP contribution >= 0.6 is 0 Å². The summed E-state index contributed by atoms with van der Waals surface area (Å²) in [5, 5.41) is 0. The highest BCUT2D eigenvalue weighted by molar-refractivity contribution is 5.71. The second kappa shape index (κ2) is 6.61. The minimum atomic E-state index is -0.309. The minimum Gasteiger partial charge on any atom is -0.494 e. The Morgan fingerprint density at radius 1 is 0.739 bits per heavy atom. The molecule has 0 radical (unpaired) electrons. The number of halogens is 2. The predicted molar refractivity (Wildman–Crippen MR) is 88.4 cm³/mol. The van der Waals surface area contributed by atoms with Gasteiger partial charge in [-0.1, -0.05) is 36.4 Å². The first-order valence-corrected chi connectivity index (χ1v) is 7.46. The van der Waals surface area contributed by atoms with Gasteiger partial charge in [-0.15, -0.1) is 0 Å². The molecule has 0 aliphatic heterocycles. The monoisotopic (exact) mass is 310 g/mol. The van der Waals surface area contributed by atoms with Crippen molar-refractivity contribution in [2.75, 3.05) is 6.61 Å². The highest BCUT2D eigenvalue weighted by Gasteiger charge is 2.08. The van der Waals surface area contributed by atoms with Crippen molar-refractivity contribution in [3.63, 3.8) is 0 Å². The van der Waals surface area contributed by atoms with Gasteiger partial charge in [0, 0.05) is 5.56 Å². The first-order valence-electron chi connectivity index (χ1n) is 7.46. The molecule has 3 aromatic rings. The largest absolute Gasteiger partial charge is 0.494 e. The third-order valence-electron chi connectivity index (χ3n) is 3.62. The van der Waals surface area contributed by atoms with Crippen LogP contribution in [0.15, 0.2) is 66.7 Å². The van der Waals surface area contributed by atoms with E-state index < -0.39 is 0 Å². The van der Waals surface area contributed by atoms with Gasteiger partial charge in [0.1, 0.15) is 17.4 Å². The third kappa shape index (κ3) is 3.39. The van der Waals surface area contributed by atoms with Gasteiger partial charge in [0.05, 0.1) is 6.61 Å². The fraction of sp³-hybridized carbons (Fsp3) is 0.100. The van der Waals surface area contributed by atoms with E-state index in [-0.39, 0.29) is 11.6 Å². The van der Waals surface area contributed by atoms with Crippen LogP contribution in [0.3, 0.4) is 0 Å². The summed E-state index contributed by atoms with van der Waals surface area (Å²) in [5.41, 5.74) is 2.82. The van der Waals surface area contributed by atoms with E-state index in [1.807, 2.05) is 37.3 Å². The van der Waals surface area contributed by atoms with E-state index in [9.17, 15) is 8.78 Å². The van der Waals surface area contributed by atoms with E-state index in [1.165, 1.54) is 18.2 Å². The minimum absolute atomic E-state index is 0.305. The summed E-state index contributed by atoms with van der Waals surface area (Å²) in [6.45, 7) is 2.52. The lowest BCUT2D eigenvalue weighted by Crippen LogP contribution is -1.91. The van der Waals surface area contributed by atoms with Gasteiger partial charge < -0.3 is 4.74 Å². The average Bonchev–Trinajstić information content (AvgIpc) is 2.57. The van der Waals surface area contributed by atoms with Crippen LogP contribution in [-0.2, 0) is 0 Å². The zero-order valence-electron chi connectivity index (χ0n) is 12.7. The number of hydrogen-bond donors (Lipinski definition) is 0. The zero-order valence-corrected chi connectivity index (χ0v) is 12.7. The molecule has 23 heavy (non-hydrogen) atoms. The Balaban J connectivity index is 1.91. The Hall–Kier alpha value is -2.68. The molecule has 0 fully saturated rings. The fourth-order valence-electron chi connectivity index (χ4n) is 2.47. The molecule has 0 atom stereocenters. The van der Waals surface area contributed by atoms with Crippen LogP contribution in [0, 0.1) is 11.6 Å². The summed E-state index contributed by atoms with van der Waals surface area (Å²) in [7, 11) is 0. The third-order valence-corrected chi connectivity index (χ3v) is 3.62. The summed E-state index contributed by atoms with van der Waals surface area (Å²) >= 11 is 0. The molecule has 0 spiro atoms. The quantitative estimate of drug-likeness (QED) is 0.601. The molecule has 0 bridgehead atoms. The first kappa shape index (κ1) is 15.2. The maximum Gasteiger partial charge on any atom is 0.131 e. The molecular weight excluding hydrogens is 294 g/mol. The summed E-state index contributed by atoms with van der Waals surface area (Å²) in [6.07, 6.45) is 0. The SMILES string of the molecule is CCOc1ccc(-c2ccc(-c3ccc(F)cc3)cc2F)cc1. The molecule has 3 heteroatoms. The van der Waals surface area contributed by atoms with Crippen molar-refractivity contribution in [3.8, 4) is 28.0 Å². The molecule has 1 nitrogen and oxygen atoms in total. The molecule has 0 aromatic heterocycles. The van der Waals surface area contributed by atoms with Crippen LogP contribution in [0.2, 0.25) is 0 Å². The number of benzene rings is 3. The number of ether oxygens (including phenoxy) is 1. The lowest BCUT2D eigenvalue weighted by Gasteiger charge is -2.08. The van der Waals surface area contributed by atoms with Gasteiger partial charge in [0.25, 0.3) is 0 Å². The maximum absolute atomic E-state index is 14.4. The Kier molecular flexibility index (Phi) is 4.38. The van der Waals surface area contributed by atoms with E-state index in [0.29, 0.717) is 12.2 Å². The molecule has 0 amide bonds. The molecular formula is C20H16F2O. The summed E-state index contributed by atoms with van der Waals surface area (Å²) < 4.78 is 32.8. The second-order valence-electron chi connectivity index (χ2n) is 5.16. The highest BCUT2D eigenvalue weighted by Crippen LogP contribution is 2.29. The smallest absolute Gasteiger partial charge is 0.131 e. The van der Waals surface area contributed by atoms with Crippen molar-refractivity contribution in [1.82, 2.24) is 0 Å². The van der Waals surface area contributed by atoms with Crippen LogP contribution < -0.4 is 4.74 Å². The molecule has 0 saturated heterocycles. The number of rotatable bonds is 4. The molecule has 3 aromatic carbocycles. The molecule has 0 aliphatic carbocycles. The Labute approximate surface area is 134 Å². The average molecular weight is 310 g/mol. The van der Waals surface area contributed by atoms with E-state index in [0.717, 1.165) is 22.4 Å². The fourth-order valence-corrected chi connectivity index (χ4v) is 2.47. The van der Waals surface area contributed by atoms with Crippen molar-refractivity contribution in [2.24, 2.45) is 0 Å². The summed E-state index contributed by atoms with van der Waals surface area (Å²) in [4.78, 5) is 0. The van der Waals surface area contributed by atoms with Crippen LogP contribution in [0.25, 0.3) is 22.3 Å². The Morgan fingerprint density at radius 3 is 1.96 bits per heavy atom. The summed E-state index contributed by atoms with van der Waals surface area (Å²) in [6, 6.07) is 18.4. The maximum atomic E-state index is 14.4. The Morgan fingerprint density at radius 2 is 1.35 bits per heavy atom. The highest BCUT2D eigenvalue weighted by atomic mass is 19.1. The van der Waals surface area contributed by atoms with E-state index in [2.05, 4.69) is 0 Å². The zero-order chi connectivity index (χ0) is 16.2. The lowest BCUT2D eigenvalue weighted by molar-refractivity contribution is 0.340. The van der Waals surface area contributed by atoms with E-state index in [4.69, 9.17) is 4.74 Å². The molecule has 0 unspecified atom stereocenters. The summed E-state index contributed by atoms with van der Waals surface area (Å²) in [5.74, 6) is 0.149. The molecule has 0 N–H and O–H groups in total. The molecule has 116 valence electrons. The first-order chi connectivity index (χ1) is 11.2. The van der Waals surface area contributed by atoms with Gasteiger partial charge >= 0.3 is 0 Å². The topological polar surface area (TPSA) is 9.23 Å². The molecule has 0 heterocycles. The van der Waals surface area contributed by atoms with E-state index >= 15 is 0 Å². The lowest BCUT2D eigenvalue weighted by atomic mass is 9.99. The van der Waals surface area contributed by atoms with Gasteiger partial charge in [0.15, 0.2) is 0 Å². The molecule has 0 aliphatic rings.